The summed E-state index contributed by atoms with van der Waals surface area (Å²) in [6.45, 7) is 0.285. The quantitative estimate of drug-likeness (QED) is 0.413. The molecule has 0 spiro atoms. The molecule has 0 unspecified atom stereocenters. The molecule has 0 saturated carbocycles. The number of hydrogen-bond acceptors (Lipinski definition) is 3. The van der Waals surface area contributed by atoms with E-state index in [2.05, 4.69) is 5.32 Å². The minimum Gasteiger partial charge on any atom is -0.380 e. The van der Waals surface area contributed by atoms with E-state index in [1.54, 1.807) is 54.6 Å². The smallest absolute Gasteiger partial charge is 0.263 e. The monoisotopic (exact) mass is 478 g/mol. The van der Waals surface area contributed by atoms with E-state index in [9.17, 15) is 9.59 Å². The minimum atomic E-state index is -0.417. The maximum absolute atomic E-state index is 13.1. The molecule has 1 N–H and O–H groups in total. The van der Waals surface area contributed by atoms with Crippen LogP contribution in [-0.2, 0) is 13.1 Å². The third kappa shape index (κ3) is 3.77. The summed E-state index contributed by atoms with van der Waals surface area (Å²) in [6.07, 6.45) is 0. The lowest BCUT2D eigenvalue weighted by Crippen LogP contribution is -2.29. The number of anilines is 1. The Balaban J connectivity index is 1.63. The van der Waals surface area contributed by atoms with E-state index in [1.807, 2.05) is 0 Å². The van der Waals surface area contributed by atoms with E-state index < -0.39 is 11.8 Å². The fourth-order valence-electron chi connectivity index (χ4n) is 3.35. The van der Waals surface area contributed by atoms with Crippen molar-refractivity contribution in [3.05, 3.63) is 96.9 Å². The van der Waals surface area contributed by atoms with Gasteiger partial charge in [-0.25, -0.2) is 0 Å². The maximum atomic E-state index is 13.1. The number of nitrogens with zero attached hydrogens (tertiary/aromatic N) is 1. The molecule has 3 aromatic carbocycles. The molecular weight excluding hydrogens is 466 g/mol. The van der Waals surface area contributed by atoms with E-state index in [4.69, 9.17) is 46.4 Å². The SMILES string of the molecule is O=C1c2cccc(NCc3c(Cl)cccc3Cl)c2C(=O)N1Cc1c(Cl)cccc1Cl. The van der Waals surface area contributed by atoms with Gasteiger partial charge in [0.15, 0.2) is 0 Å². The van der Waals surface area contributed by atoms with Gasteiger partial charge in [-0.2, -0.15) is 0 Å². The Bertz CT molecular complexity index is 1140. The number of nitrogens with one attached hydrogen (secondary N) is 1. The summed E-state index contributed by atoms with van der Waals surface area (Å²) >= 11 is 24.9. The van der Waals surface area contributed by atoms with Crippen LogP contribution in [0.15, 0.2) is 54.6 Å². The first-order valence-electron chi connectivity index (χ1n) is 8.97. The molecule has 2 amide bonds. The zero-order chi connectivity index (χ0) is 21.4. The minimum absolute atomic E-state index is 0.0133. The molecule has 1 aliphatic heterocycles. The molecule has 30 heavy (non-hydrogen) atoms. The van der Waals surface area contributed by atoms with Crippen LogP contribution < -0.4 is 5.32 Å². The van der Waals surface area contributed by atoms with Gasteiger partial charge in [-0.1, -0.05) is 64.6 Å². The van der Waals surface area contributed by atoms with Crippen molar-refractivity contribution in [3.8, 4) is 0 Å². The molecule has 0 radical (unpaired) electrons. The van der Waals surface area contributed by atoms with Gasteiger partial charge >= 0.3 is 0 Å². The molecule has 4 rings (SSSR count). The van der Waals surface area contributed by atoms with Crippen molar-refractivity contribution in [1.29, 1.82) is 0 Å². The summed E-state index contributed by atoms with van der Waals surface area (Å²) in [7, 11) is 0. The molecule has 152 valence electrons. The lowest BCUT2D eigenvalue weighted by atomic mass is 10.1. The van der Waals surface area contributed by atoms with Crippen molar-refractivity contribution < 1.29 is 9.59 Å². The van der Waals surface area contributed by atoms with Crippen LogP contribution in [0.3, 0.4) is 0 Å². The highest BCUT2D eigenvalue weighted by Crippen LogP contribution is 2.34. The van der Waals surface area contributed by atoms with E-state index in [1.165, 1.54) is 0 Å². The summed E-state index contributed by atoms with van der Waals surface area (Å²) in [4.78, 5) is 27.2. The summed E-state index contributed by atoms with van der Waals surface area (Å²) in [5, 5.41) is 5.00. The molecule has 0 fully saturated rings. The third-order valence-corrected chi connectivity index (χ3v) is 6.31. The van der Waals surface area contributed by atoms with Gasteiger partial charge in [0.05, 0.1) is 17.7 Å². The Hall–Kier alpha value is -2.24. The third-order valence-electron chi connectivity index (χ3n) is 4.89. The molecule has 8 heteroatoms. The van der Waals surface area contributed by atoms with Crippen molar-refractivity contribution in [3.63, 3.8) is 0 Å². The number of rotatable bonds is 5. The number of halogens is 4. The zero-order valence-corrected chi connectivity index (χ0v) is 18.4. The fourth-order valence-corrected chi connectivity index (χ4v) is 4.40. The molecule has 0 saturated heterocycles. The molecule has 1 heterocycles. The Morgan fingerprint density at radius 1 is 0.700 bits per heavy atom. The standard InChI is InChI=1S/C22H14Cl4N2O2/c23-15-5-2-6-16(24)13(15)10-27-19-9-1-4-12-20(19)22(30)28(21(12)29)11-14-17(25)7-3-8-18(14)26/h1-9,27H,10-11H2. The first kappa shape index (κ1) is 21.0. The number of imide groups is 1. The van der Waals surface area contributed by atoms with Gasteiger partial charge in [0.25, 0.3) is 11.8 Å². The van der Waals surface area contributed by atoms with Gasteiger partial charge in [0.2, 0.25) is 0 Å². The van der Waals surface area contributed by atoms with E-state index >= 15 is 0 Å². The molecule has 3 aromatic rings. The Kier molecular flexibility index (Phi) is 5.94. The number of fused-ring (bicyclic) bond motifs is 1. The first-order chi connectivity index (χ1) is 14.4. The second-order valence-corrected chi connectivity index (χ2v) is 8.31. The van der Waals surface area contributed by atoms with Crippen LogP contribution in [-0.4, -0.2) is 16.7 Å². The maximum Gasteiger partial charge on any atom is 0.263 e. The molecule has 4 nitrogen and oxygen atoms in total. The second kappa shape index (κ2) is 8.48. The van der Waals surface area contributed by atoms with Crippen LogP contribution in [0.4, 0.5) is 5.69 Å². The largest absolute Gasteiger partial charge is 0.380 e. The van der Waals surface area contributed by atoms with Crippen molar-refractivity contribution in [1.82, 2.24) is 4.90 Å². The van der Waals surface area contributed by atoms with Gasteiger partial charge in [0, 0.05) is 43.4 Å². The molecule has 0 aromatic heterocycles. The molecule has 0 aliphatic carbocycles. The molecular formula is C22H14Cl4N2O2. The van der Waals surface area contributed by atoms with Crippen LogP contribution in [0.5, 0.6) is 0 Å². The van der Waals surface area contributed by atoms with Crippen LogP contribution >= 0.6 is 46.4 Å². The van der Waals surface area contributed by atoms with E-state index in [0.717, 1.165) is 4.90 Å². The number of benzene rings is 3. The van der Waals surface area contributed by atoms with Gasteiger partial charge in [-0.3, -0.25) is 14.5 Å². The van der Waals surface area contributed by atoms with E-state index in [0.29, 0.717) is 54.6 Å². The first-order valence-corrected chi connectivity index (χ1v) is 10.5. The topological polar surface area (TPSA) is 49.4 Å². The zero-order valence-electron chi connectivity index (χ0n) is 15.4. The van der Waals surface area contributed by atoms with E-state index in [-0.39, 0.29) is 6.54 Å². The highest BCUT2D eigenvalue weighted by Gasteiger charge is 2.38. The van der Waals surface area contributed by atoms with Gasteiger partial charge in [0.1, 0.15) is 0 Å². The molecule has 0 atom stereocenters. The normalized spacial score (nSPS) is 13.0. The average molecular weight is 480 g/mol. The lowest BCUT2D eigenvalue weighted by Gasteiger charge is -2.16. The van der Waals surface area contributed by atoms with Crippen LogP contribution in [0.25, 0.3) is 0 Å². The second-order valence-electron chi connectivity index (χ2n) is 6.68. The molecule has 1 aliphatic rings. The molecule has 0 bridgehead atoms. The predicted molar refractivity (Wildman–Crippen MR) is 121 cm³/mol. The summed E-state index contributed by atoms with van der Waals surface area (Å²) < 4.78 is 0. The number of hydrogen-bond donors (Lipinski definition) is 1. The number of carbonyl (C=O) groups is 2. The highest BCUT2D eigenvalue weighted by molar-refractivity contribution is 6.36. The van der Waals surface area contributed by atoms with Gasteiger partial charge in [-0.05, 0) is 36.4 Å². The summed E-state index contributed by atoms with van der Waals surface area (Å²) in [5.74, 6) is -0.815. The Labute approximate surface area is 193 Å². The fraction of sp³-hybridized carbons (Fsp3) is 0.0909. The highest BCUT2D eigenvalue weighted by atomic mass is 35.5. The van der Waals surface area contributed by atoms with Gasteiger partial charge < -0.3 is 5.32 Å². The number of carbonyl (C=O) groups excluding carboxylic acids is 2. The lowest BCUT2D eigenvalue weighted by molar-refractivity contribution is 0.0643. The van der Waals surface area contributed by atoms with Gasteiger partial charge in [-0.15, -0.1) is 0 Å². The van der Waals surface area contributed by atoms with Crippen molar-refractivity contribution in [2.75, 3.05) is 5.32 Å². The van der Waals surface area contributed by atoms with Crippen LogP contribution in [0.2, 0.25) is 20.1 Å². The average Bonchev–Trinajstić information content (AvgIpc) is 2.95. The Morgan fingerprint density at radius 2 is 1.23 bits per heavy atom. The van der Waals surface area contributed by atoms with Crippen LogP contribution in [0, 0.1) is 0 Å². The summed E-state index contributed by atoms with van der Waals surface area (Å²) in [5.41, 5.74) is 2.37. The van der Waals surface area contributed by atoms with Crippen LogP contribution in [0.1, 0.15) is 31.8 Å². The summed E-state index contributed by atoms with van der Waals surface area (Å²) in [6, 6.07) is 15.4. The number of amides is 2. The Morgan fingerprint density at radius 3 is 1.83 bits per heavy atom. The van der Waals surface area contributed by atoms with Crippen molar-refractivity contribution >= 4 is 63.9 Å². The predicted octanol–water partition coefficient (Wildman–Crippen LogP) is 6.71. The van der Waals surface area contributed by atoms with Crippen molar-refractivity contribution in [2.45, 2.75) is 13.1 Å². The van der Waals surface area contributed by atoms with Crippen molar-refractivity contribution in [2.24, 2.45) is 0 Å².